The first-order valence-corrected chi connectivity index (χ1v) is 11.5. The lowest BCUT2D eigenvalue weighted by Gasteiger charge is -2.68. The van der Waals surface area contributed by atoms with Gasteiger partial charge in [0.2, 0.25) is 0 Å². The predicted molar refractivity (Wildman–Crippen MR) is 119 cm³/mol. The second-order valence-electron chi connectivity index (χ2n) is 11.7. The van der Waals surface area contributed by atoms with Gasteiger partial charge >= 0.3 is 11.9 Å². The zero-order valence-electron chi connectivity index (χ0n) is 20.6. The third-order valence-corrected chi connectivity index (χ3v) is 9.56. The molecule has 7 heteroatoms. The van der Waals surface area contributed by atoms with Crippen LogP contribution in [0.25, 0.3) is 0 Å². The van der Waals surface area contributed by atoms with Crippen molar-refractivity contribution < 1.29 is 33.8 Å². The maximum absolute atomic E-state index is 14.0. The molecule has 3 aliphatic carbocycles. The first kappa shape index (κ1) is 23.9. The number of cyclic esters (lactones) is 1. The van der Waals surface area contributed by atoms with Gasteiger partial charge in [-0.1, -0.05) is 26.5 Å². The summed E-state index contributed by atoms with van der Waals surface area (Å²) in [6, 6.07) is 0. The zero-order chi connectivity index (χ0) is 25.0. The molecule has 4 rings (SSSR count). The van der Waals surface area contributed by atoms with E-state index in [-0.39, 0.29) is 23.9 Å². The van der Waals surface area contributed by atoms with E-state index in [0.29, 0.717) is 19.3 Å². The lowest BCUT2D eigenvalue weighted by Crippen LogP contribution is -2.76. The summed E-state index contributed by atoms with van der Waals surface area (Å²) < 4.78 is 11.0. The van der Waals surface area contributed by atoms with Crippen LogP contribution >= 0.6 is 0 Å². The molecule has 180 valence electrons. The van der Waals surface area contributed by atoms with Crippen molar-refractivity contribution in [3.63, 3.8) is 0 Å². The Balaban J connectivity index is 2.08. The molecule has 0 aromatic heterocycles. The molecule has 2 bridgehead atoms. The Bertz CT molecular complexity index is 1040. The molecule has 1 aliphatic heterocycles. The van der Waals surface area contributed by atoms with Crippen LogP contribution in [0.2, 0.25) is 0 Å². The molecule has 1 heterocycles. The Labute approximate surface area is 194 Å². The summed E-state index contributed by atoms with van der Waals surface area (Å²) in [7, 11) is 1.21. The van der Waals surface area contributed by atoms with Crippen molar-refractivity contribution in [2.75, 3.05) is 7.11 Å². The molecule has 7 nitrogen and oxygen atoms in total. The Morgan fingerprint density at radius 2 is 1.73 bits per heavy atom. The second-order valence-corrected chi connectivity index (χ2v) is 11.7. The third-order valence-electron chi connectivity index (χ3n) is 9.56. The summed E-state index contributed by atoms with van der Waals surface area (Å²) in [5.74, 6) is -2.97. The van der Waals surface area contributed by atoms with E-state index in [1.54, 1.807) is 6.92 Å². The quantitative estimate of drug-likeness (QED) is 0.365. The topological polar surface area (TPSA) is 107 Å². The number of hydrogen-bond acceptors (Lipinski definition) is 7. The van der Waals surface area contributed by atoms with Crippen LogP contribution < -0.4 is 0 Å². The van der Waals surface area contributed by atoms with Crippen LogP contribution in [0.4, 0.5) is 0 Å². The number of ether oxygens (including phenoxy) is 2. The van der Waals surface area contributed by atoms with Gasteiger partial charge in [-0.05, 0) is 69.4 Å². The van der Waals surface area contributed by atoms with Gasteiger partial charge in [0.25, 0.3) is 0 Å². The summed E-state index contributed by atoms with van der Waals surface area (Å²) in [5.41, 5.74) is -6.96. The Hall–Kier alpha value is -2.28. The standard InChI is InChI=1S/C26H34O7/c1-14-23(5)13-16-22(4)11-10-17(27)33-21(2,3)15(22)9-12-24(16,6)26(14,20(30)32-8)19(29)25(7,31)18(23)28/h9,16,31H,1,10-13H2,2-8H3/t16-,22+,23-,24-,25-,26-/m0/s1. The van der Waals surface area contributed by atoms with Gasteiger partial charge in [-0.2, -0.15) is 0 Å². The van der Waals surface area contributed by atoms with Gasteiger partial charge in [-0.15, -0.1) is 0 Å². The molecule has 0 unspecified atom stereocenters. The van der Waals surface area contributed by atoms with Crippen LogP contribution in [0.1, 0.15) is 67.2 Å². The summed E-state index contributed by atoms with van der Waals surface area (Å²) in [6.07, 6.45) is 3.23. The monoisotopic (exact) mass is 458 g/mol. The normalized spacial score (nSPS) is 46.4. The molecule has 1 saturated heterocycles. The molecule has 0 aromatic rings. The average Bonchev–Trinajstić information content (AvgIpc) is 2.81. The molecule has 3 fully saturated rings. The highest BCUT2D eigenvalue weighted by atomic mass is 16.6. The minimum atomic E-state index is -2.34. The largest absolute Gasteiger partial charge is 0.468 e. The van der Waals surface area contributed by atoms with E-state index in [9.17, 15) is 24.3 Å². The van der Waals surface area contributed by atoms with Crippen LogP contribution in [0.15, 0.2) is 23.8 Å². The number of fused-ring (bicyclic) bond motifs is 6. The predicted octanol–water partition coefficient (Wildman–Crippen LogP) is 3.09. The van der Waals surface area contributed by atoms with E-state index in [4.69, 9.17) is 9.47 Å². The van der Waals surface area contributed by atoms with Crippen molar-refractivity contribution >= 4 is 23.5 Å². The van der Waals surface area contributed by atoms with E-state index in [0.717, 1.165) is 5.57 Å². The molecule has 4 aliphatic rings. The highest BCUT2D eigenvalue weighted by Crippen LogP contribution is 2.74. The summed E-state index contributed by atoms with van der Waals surface area (Å²) in [6.45, 7) is 14.6. The van der Waals surface area contributed by atoms with Crippen LogP contribution in [-0.2, 0) is 28.7 Å². The fourth-order valence-electron chi connectivity index (χ4n) is 7.96. The van der Waals surface area contributed by atoms with Crippen LogP contribution in [-0.4, -0.2) is 46.9 Å². The van der Waals surface area contributed by atoms with Crippen molar-refractivity contribution in [3.05, 3.63) is 23.8 Å². The number of methoxy groups -OCH3 is 1. The maximum atomic E-state index is 14.0. The number of carbonyl (C=O) groups excluding carboxylic acids is 4. The number of allylic oxidation sites excluding steroid dienone is 1. The fourth-order valence-corrected chi connectivity index (χ4v) is 7.96. The molecule has 0 radical (unpaired) electrons. The number of rotatable bonds is 1. The smallest absolute Gasteiger partial charge is 0.324 e. The number of ketones is 2. The van der Waals surface area contributed by atoms with Crippen molar-refractivity contribution in [1.29, 1.82) is 0 Å². The number of Topliss-reactive ketones (excluding diaryl/α,β-unsaturated/α-hetero) is 2. The molecule has 2 saturated carbocycles. The van der Waals surface area contributed by atoms with Gasteiger partial charge in [0.05, 0.1) is 12.5 Å². The summed E-state index contributed by atoms with van der Waals surface area (Å²) in [4.78, 5) is 53.6. The summed E-state index contributed by atoms with van der Waals surface area (Å²) >= 11 is 0. The number of hydrogen-bond donors (Lipinski definition) is 1. The summed E-state index contributed by atoms with van der Waals surface area (Å²) in [5, 5.41) is 11.1. The first-order valence-electron chi connectivity index (χ1n) is 11.5. The highest BCUT2D eigenvalue weighted by molar-refractivity contribution is 6.26. The van der Waals surface area contributed by atoms with E-state index >= 15 is 0 Å². The van der Waals surface area contributed by atoms with Crippen LogP contribution in [0, 0.1) is 27.6 Å². The minimum Gasteiger partial charge on any atom is -0.468 e. The molecular formula is C26H34O7. The van der Waals surface area contributed by atoms with E-state index in [1.807, 2.05) is 33.8 Å². The molecule has 0 aromatic carbocycles. The third kappa shape index (κ3) is 2.44. The molecule has 33 heavy (non-hydrogen) atoms. The molecule has 0 spiro atoms. The van der Waals surface area contributed by atoms with E-state index < -0.39 is 50.4 Å². The van der Waals surface area contributed by atoms with E-state index in [2.05, 4.69) is 6.58 Å². The van der Waals surface area contributed by atoms with Crippen LogP contribution in [0.5, 0.6) is 0 Å². The molecule has 6 atom stereocenters. The van der Waals surface area contributed by atoms with Gasteiger partial charge in [-0.3, -0.25) is 19.2 Å². The van der Waals surface area contributed by atoms with Crippen molar-refractivity contribution in [2.24, 2.45) is 27.6 Å². The number of carbonyl (C=O) groups is 4. The molecule has 0 amide bonds. The SMILES string of the molecule is C=C1[C@]2(C)C[C@@H]3[C@](C)(CC=C4C(C)(C)OC(=O)CC[C@]43C)[C@]1(C(=O)OC)C(=O)[C@@](C)(O)C2=O. The van der Waals surface area contributed by atoms with Gasteiger partial charge < -0.3 is 14.6 Å². The van der Waals surface area contributed by atoms with Gasteiger partial charge in [0.15, 0.2) is 22.6 Å². The zero-order valence-corrected chi connectivity index (χ0v) is 20.6. The fraction of sp³-hybridized carbons (Fsp3) is 0.692. The minimum absolute atomic E-state index is 0.187. The highest BCUT2D eigenvalue weighted by Gasteiger charge is 2.80. The van der Waals surface area contributed by atoms with Crippen molar-refractivity contribution in [3.8, 4) is 0 Å². The average molecular weight is 459 g/mol. The van der Waals surface area contributed by atoms with Crippen molar-refractivity contribution in [1.82, 2.24) is 0 Å². The number of esters is 2. The molecule has 1 N–H and O–H groups in total. The number of aliphatic hydroxyl groups is 1. The molecular weight excluding hydrogens is 424 g/mol. The van der Waals surface area contributed by atoms with Gasteiger partial charge in [0, 0.05) is 11.8 Å². The lowest BCUT2D eigenvalue weighted by atomic mass is 9.32. The van der Waals surface area contributed by atoms with Gasteiger partial charge in [-0.25, -0.2) is 0 Å². The Morgan fingerprint density at radius 3 is 2.30 bits per heavy atom. The Kier molecular flexibility index (Phi) is 4.65. The van der Waals surface area contributed by atoms with Crippen molar-refractivity contribution in [2.45, 2.75) is 78.4 Å². The lowest BCUT2D eigenvalue weighted by molar-refractivity contribution is -0.201. The van der Waals surface area contributed by atoms with Gasteiger partial charge in [0.1, 0.15) is 5.60 Å². The first-order chi connectivity index (χ1) is 15.0. The second kappa shape index (κ2) is 6.44. The Morgan fingerprint density at radius 1 is 1.12 bits per heavy atom. The van der Waals surface area contributed by atoms with E-state index in [1.165, 1.54) is 14.0 Å². The van der Waals surface area contributed by atoms with Crippen LogP contribution in [0.3, 0.4) is 0 Å². The maximum Gasteiger partial charge on any atom is 0.324 e.